The standard InChI is InChI=1S/C9H8N2OS3/c1-6-2-3-7(15-6)4-10-11-8(12)5-14-9(11)13/h2-4H,5H2,1H3/b10-4+. The maximum absolute atomic E-state index is 11.3. The van der Waals surface area contributed by atoms with Gasteiger partial charge in [-0.1, -0.05) is 24.0 Å². The molecule has 0 spiro atoms. The maximum Gasteiger partial charge on any atom is 0.259 e. The molecule has 0 bridgehead atoms. The first-order valence-corrected chi connectivity index (χ1v) is 6.48. The molecule has 0 saturated carbocycles. The van der Waals surface area contributed by atoms with Crippen LogP contribution >= 0.6 is 35.3 Å². The Morgan fingerprint density at radius 2 is 2.40 bits per heavy atom. The second kappa shape index (κ2) is 4.42. The van der Waals surface area contributed by atoms with Crippen LogP contribution in [0.3, 0.4) is 0 Å². The zero-order valence-electron chi connectivity index (χ0n) is 7.97. The molecule has 1 amide bonds. The van der Waals surface area contributed by atoms with Gasteiger partial charge in [-0.05, 0) is 19.1 Å². The molecule has 1 saturated heterocycles. The number of rotatable bonds is 2. The van der Waals surface area contributed by atoms with Crippen LogP contribution in [0, 0.1) is 6.92 Å². The largest absolute Gasteiger partial charge is 0.272 e. The molecular weight excluding hydrogens is 248 g/mol. The van der Waals surface area contributed by atoms with E-state index in [0.29, 0.717) is 10.1 Å². The molecule has 1 aromatic rings. The van der Waals surface area contributed by atoms with Crippen LogP contribution in [-0.4, -0.2) is 27.2 Å². The fourth-order valence-corrected chi connectivity index (χ4v) is 2.81. The van der Waals surface area contributed by atoms with Gasteiger partial charge in [0, 0.05) is 9.75 Å². The monoisotopic (exact) mass is 256 g/mol. The van der Waals surface area contributed by atoms with E-state index in [1.54, 1.807) is 17.6 Å². The average molecular weight is 256 g/mol. The average Bonchev–Trinajstić information content (AvgIpc) is 2.73. The van der Waals surface area contributed by atoms with Crippen LogP contribution in [0.2, 0.25) is 0 Å². The minimum atomic E-state index is -0.0467. The molecule has 0 unspecified atom stereocenters. The van der Waals surface area contributed by atoms with E-state index in [1.165, 1.54) is 21.6 Å². The van der Waals surface area contributed by atoms with Crippen molar-refractivity contribution in [3.8, 4) is 0 Å². The van der Waals surface area contributed by atoms with Crippen LogP contribution in [0.15, 0.2) is 17.2 Å². The van der Waals surface area contributed by atoms with Crippen molar-refractivity contribution in [2.75, 3.05) is 5.75 Å². The van der Waals surface area contributed by atoms with Crippen molar-refractivity contribution in [3.05, 3.63) is 21.9 Å². The summed E-state index contributed by atoms with van der Waals surface area (Å²) in [5.41, 5.74) is 0. The molecule has 1 aliphatic rings. The van der Waals surface area contributed by atoms with Crippen molar-refractivity contribution in [1.82, 2.24) is 5.01 Å². The highest BCUT2D eigenvalue weighted by molar-refractivity contribution is 8.23. The van der Waals surface area contributed by atoms with Gasteiger partial charge >= 0.3 is 0 Å². The SMILES string of the molecule is Cc1ccc(/C=N/N2C(=O)CSC2=S)s1. The lowest BCUT2D eigenvalue weighted by Crippen LogP contribution is -2.22. The lowest BCUT2D eigenvalue weighted by Gasteiger charge is -2.05. The number of thiocarbonyl (C=S) groups is 1. The number of carbonyl (C=O) groups is 1. The van der Waals surface area contributed by atoms with Crippen LogP contribution in [-0.2, 0) is 4.79 Å². The Bertz CT molecular complexity index is 422. The van der Waals surface area contributed by atoms with Crippen LogP contribution in [0.1, 0.15) is 9.75 Å². The quantitative estimate of drug-likeness (QED) is 0.601. The van der Waals surface area contributed by atoms with Gasteiger partial charge in [-0.3, -0.25) is 4.79 Å². The van der Waals surface area contributed by atoms with Gasteiger partial charge < -0.3 is 0 Å². The number of thiophene rings is 1. The number of hydrogen-bond donors (Lipinski definition) is 0. The van der Waals surface area contributed by atoms with Crippen LogP contribution < -0.4 is 0 Å². The van der Waals surface area contributed by atoms with E-state index in [1.807, 2.05) is 19.1 Å². The summed E-state index contributed by atoms with van der Waals surface area (Å²) < 4.78 is 0.532. The minimum Gasteiger partial charge on any atom is -0.272 e. The number of hydrazone groups is 1. The molecule has 6 heteroatoms. The number of hydrogen-bond acceptors (Lipinski definition) is 5. The molecule has 0 atom stereocenters. The molecule has 1 fully saturated rings. The van der Waals surface area contributed by atoms with Gasteiger partial charge in [-0.15, -0.1) is 11.3 Å². The van der Waals surface area contributed by atoms with E-state index < -0.39 is 0 Å². The third kappa shape index (κ3) is 2.45. The summed E-state index contributed by atoms with van der Waals surface area (Å²) in [5, 5.41) is 5.36. The van der Waals surface area contributed by atoms with E-state index >= 15 is 0 Å². The number of thioether (sulfide) groups is 1. The highest BCUT2D eigenvalue weighted by Crippen LogP contribution is 2.20. The number of amides is 1. The summed E-state index contributed by atoms with van der Waals surface area (Å²) in [6.45, 7) is 2.03. The van der Waals surface area contributed by atoms with Crippen LogP contribution in [0.25, 0.3) is 0 Å². The number of aryl methyl sites for hydroxylation is 1. The lowest BCUT2D eigenvalue weighted by atomic mass is 10.4. The van der Waals surface area contributed by atoms with Crippen LogP contribution in [0.4, 0.5) is 0 Å². The molecule has 1 aromatic heterocycles. The van der Waals surface area contributed by atoms with Gasteiger partial charge in [0.1, 0.15) is 0 Å². The maximum atomic E-state index is 11.3. The Labute approximate surface area is 101 Å². The molecule has 3 nitrogen and oxygen atoms in total. The zero-order valence-corrected chi connectivity index (χ0v) is 10.4. The van der Waals surface area contributed by atoms with Gasteiger partial charge in [0.25, 0.3) is 5.91 Å². The molecule has 0 aromatic carbocycles. The predicted molar refractivity (Wildman–Crippen MR) is 68.6 cm³/mol. The van der Waals surface area contributed by atoms with E-state index in [-0.39, 0.29) is 5.91 Å². The summed E-state index contributed by atoms with van der Waals surface area (Å²) in [6, 6.07) is 3.99. The van der Waals surface area contributed by atoms with Crippen molar-refractivity contribution in [2.45, 2.75) is 6.92 Å². The first-order valence-electron chi connectivity index (χ1n) is 4.27. The molecule has 0 radical (unpaired) electrons. The Morgan fingerprint density at radius 1 is 1.60 bits per heavy atom. The Hall–Kier alpha value is -0.720. The van der Waals surface area contributed by atoms with Crippen molar-refractivity contribution in [2.24, 2.45) is 5.10 Å². The second-order valence-corrected chi connectivity index (χ2v) is 5.88. The topological polar surface area (TPSA) is 32.7 Å². The highest BCUT2D eigenvalue weighted by Gasteiger charge is 2.25. The van der Waals surface area contributed by atoms with Crippen molar-refractivity contribution < 1.29 is 4.79 Å². The summed E-state index contributed by atoms with van der Waals surface area (Å²) in [7, 11) is 0. The first kappa shape index (κ1) is 10.8. The number of carbonyl (C=O) groups excluding carboxylic acids is 1. The normalized spacial score (nSPS) is 17.0. The Balaban J connectivity index is 2.11. The van der Waals surface area contributed by atoms with Gasteiger partial charge in [0.05, 0.1) is 12.0 Å². The summed E-state index contributed by atoms with van der Waals surface area (Å²) >= 11 is 7.98. The molecule has 2 rings (SSSR count). The van der Waals surface area contributed by atoms with Gasteiger partial charge in [-0.25, -0.2) is 0 Å². The zero-order chi connectivity index (χ0) is 10.8. The van der Waals surface area contributed by atoms with Crippen LogP contribution in [0.5, 0.6) is 0 Å². The smallest absolute Gasteiger partial charge is 0.259 e. The number of nitrogens with zero attached hydrogens (tertiary/aromatic N) is 2. The molecule has 1 aliphatic heterocycles. The van der Waals surface area contributed by atoms with Gasteiger partial charge in [-0.2, -0.15) is 10.1 Å². The lowest BCUT2D eigenvalue weighted by molar-refractivity contribution is -0.123. The highest BCUT2D eigenvalue weighted by atomic mass is 32.2. The first-order chi connectivity index (χ1) is 7.16. The Morgan fingerprint density at radius 3 is 2.93 bits per heavy atom. The third-order valence-electron chi connectivity index (χ3n) is 1.79. The van der Waals surface area contributed by atoms with Crippen molar-refractivity contribution in [1.29, 1.82) is 0 Å². The third-order valence-corrected chi connectivity index (χ3v) is 4.06. The Kier molecular flexibility index (Phi) is 3.18. The molecule has 15 heavy (non-hydrogen) atoms. The fraction of sp³-hybridized carbons (Fsp3) is 0.222. The fourth-order valence-electron chi connectivity index (χ4n) is 1.10. The molecular formula is C9H8N2OS3. The summed E-state index contributed by atoms with van der Waals surface area (Å²) in [4.78, 5) is 13.6. The minimum absolute atomic E-state index is 0.0467. The predicted octanol–water partition coefficient (Wildman–Crippen LogP) is 2.25. The molecule has 0 N–H and O–H groups in total. The summed E-state index contributed by atoms with van der Waals surface area (Å²) in [5.74, 6) is 0.356. The second-order valence-electron chi connectivity index (χ2n) is 2.95. The van der Waals surface area contributed by atoms with E-state index in [9.17, 15) is 4.79 Å². The van der Waals surface area contributed by atoms with Crippen molar-refractivity contribution >= 4 is 51.8 Å². The van der Waals surface area contributed by atoms with Gasteiger partial charge in [0.15, 0.2) is 4.32 Å². The molecule has 78 valence electrons. The summed E-state index contributed by atoms with van der Waals surface area (Å²) in [6.07, 6.45) is 1.67. The van der Waals surface area contributed by atoms with E-state index in [4.69, 9.17) is 12.2 Å². The van der Waals surface area contributed by atoms with E-state index in [0.717, 1.165) is 4.88 Å². The van der Waals surface area contributed by atoms with E-state index in [2.05, 4.69) is 5.10 Å². The van der Waals surface area contributed by atoms with Gasteiger partial charge in [0.2, 0.25) is 0 Å². The van der Waals surface area contributed by atoms with Crippen molar-refractivity contribution in [3.63, 3.8) is 0 Å². The molecule has 0 aliphatic carbocycles. The molecule has 2 heterocycles.